The molecule has 0 saturated carbocycles. The van der Waals surface area contributed by atoms with Crippen LogP contribution in [0, 0.1) is 0 Å². The van der Waals surface area contributed by atoms with Crippen molar-refractivity contribution in [3.05, 3.63) is 36.4 Å². The van der Waals surface area contributed by atoms with Gasteiger partial charge in [0, 0.05) is 0 Å². The SMILES string of the molecule is C=Cc1ccc(NS(=O)(=O)F)cc1. The van der Waals surface area contributed by atoms with Gasteiger partial charge in [0.25, 0.3) is 0 Å². The Bertz CT molecular complexity index is 397. The largest absolute Gasteiger partial charge is 0.396 e. The molecule has 3 nitrogen and oxygen atoms in total. The van der Waals surface area contributed by atoms with Gasteiger partial charge in [-0.3, -0.25) is 4.72 Å². The predicted molar refractivity (Wildman–Crippen MR) is 50.2 cm³/mol. The Morgan fingerprint density at radius 1 is 1.31 bits per heavy atom. The Morgan fingerprint density at radius 3 is 2.23 bits per heavy atom. The van der Waals surface area contributed by atoms with E-state index in [2.05, 4.69) is 6.58 Å². The first kappa shape index (κ1) is 9.73. The van der Waals surface area contributed by atoms with Crippen LogP contribution < -0.4 is 4.72 Å². The average Bonchev–Trinajstić information content (AvgIpc) is 2.03. The van der Waals surface area contributed by atoms with Crippen LogP contribution in [0.15, 0.2) is 30.8 Å². The Balaban J connectivity index is 2.87. The molecule has 0 aliphatic heterocycles. The fraction of sp³-hybridized carbons (Fsp3) is 0. The molecule has 5 heteroatoms. The van der Waals surface area contributed by atoms with Crippen molar-refractivity contribution in [3.63, 3.8) is 0 Å². The van der Waals surface area contributed by atoms with Crippen molar-refractivity contribution in [1.29, 1.82) is 0 Å². The number of hydrogen-bond acceptors (Lipinski definition) is 2. The van der Waals surface area contributed by atoms with Gasteiger partial charge in [0.2, 0.25) is 0 Å². The van der Waals surface area contributed by atoms with E-state index in [4.69, 9.17) is 0 Å². The topological polar surface area (TPSA) is 46.2 Å². The van der Waals surface area contributed by atoms with E-state index in [1.807, 2.05) is 0 Å². The summed E-state index contributed by atoms with van der Waals surface area (Å²) >= 11 is 0. The number of benzene rings is 1. The molecule has 0 bridgehead atoms. The molecule has 0 fully saturated rings. The van der Waals surface area contributed by atoms with Crippen LogP contribution in [0.5, 0.6) is 0 Å². The van der Waals surface area contributed by atoms with Crippen LogP contribution >= 0.6 is 0 Å². The molecular formula is C8H8FNO2S. The maximum absolute atomic E-state index is 12.1. The summed E-state index contributed by atoms with van der Waals surface area (Å²) in [5.74, 6) is 0. The van der Waals surface area contributed by atoms with Crippen molar-refractivity contribution in [1.82, 2.24) is 0 Å². The molecule has 0 amide bonds. The summed E-state index contributed by atoms with van der Waals surface area (Å²) in [6, 6.07) is 6.16. The molecular weight excluding hydrogens is 193 g/mol. The van der Waals surface area contributed by atoms with Gasteiger partial charge >= 0.3 is 10.4 Å². The first-order valence-electron chi connectivity index (χ1n) is 3.46. The third-order valence-corrected chi connectivity index (χ3v) is 1.87. The van der Waals surface area contributed by atoms with E-state index in [9.17, 15) is 12.3 Å². The molecule has 70 valence electrons. The van der Waals surface area contributed by atoms with E-state index in [1.165, 1.54) is 12.1 Å². The van der Waals surface area contributed by atoms with E-state index in [0.717, 1.165) is 5.56 Å². The summed E-state index contributed by atoms with van der Waals surface area (Å²) in [6.45, 7) is 3.52. The number of rotatable bonds is 3. The molecule has 1 aromatic rings. The lowest BCUT2D eigenvalue weighted by Gasteiger charge is -2.00. The molecule has 0 spiro atoms. The summed E-state index contributed by atoms with van der Waals surface area (Å²) in [5, 5.41) is 0. The highest BCUT2D eigenvalue weighted by Gasteiger charge is 2.04. The summed E-state index contributed by atoms with van der Waals surface area (Å²) in [4.78, 5) is 0. The highest BCUT2D eigenvalue weighted by molar-refractivity contribution is 7.87. The second-order valence-corrected chi connectivity index (χ2v) is 3.45. The van der Waals surface area contributed by atoms with Crippen molar-refractivity contribution in [2.24, 2.45) is 0 Å². The summed E-state index contributed by atoms with van der Waals surface area (Å²) in [5.41, 5.74) is 1.02. The maximum Gasteiger partial charge on any atom is 0.396 e. The van der Waals surface area contributed by atoms with Gasteiger partial charge in [0.1, 0.15) is 0 Å². The minimum Gasteiger partial charge on any atom is -0.257 e. The monoisotopic (exact) mass is 201 g/mol. The van der Waals surface area contributed by atoms with Crippen LogP contribution in [-0.4, -0.2) is 8.42 Å². The van der Waals surface area contributed by atoms with E-state index in [0.29, 0.717) is 0 Å². The second-order valence-electron chi connectivity index (χ2n) is 2.37. The van der Waals surface area contributed by atoms with Gasteiger partial charge in [-0.25, -0.2) is 0 Å². The standard InChI is InChI=1S/C8H8FNO2S/c1-2-7-3-5-8(6-4-7)10-13(9,11)12/h2-6,10H,1H2. The van der Waals surface area contributed by atoms with Gasteiger partial charge in [-0.2, -0.15) is 8.42 Å². The Labute approximate surface area is 76.2 Å². The second kappa shape index (κ2) is 3.57. The highest BCUT2D eigenvalue weighted by atomic mass is 32.3. The molecule has 0 aromatic heterocycles. The van der Waals surface area contributed by atoms with E-state index in [-0.39, 0.29) is 5.69 Å². The average molecular weight is 201 g/mol. The predicted octanol–water partition coefficient (Wildman–Crippen LogP) is 1.96. The normalized spacial score (nSPS) is 10.8. The number of anilines is 1. The molecule has 0 radical (unpaired) electrons. The van der Waals surface area contributed by atoms with Gasteiger partial charge in [-0.15, -0.1) is 0 Å². The molecule has 0 heterocycles. The van der Waals surface area contributed by atoms with Crippen molar-refractivity contribution in [2.75, 3.05) is 4.72 Å². The van der Waals surface area contributed by atoms with Crippen LogP contribution in [0.1, 0.15) is 5.56 Å². The summed E-state index contributed by atoms with van der Waals surface area (Å²) in [6.07, 6.45) is 1.60. The molecule has 0 unspecified atom stereocenters. The number of halogens is 1. The molecule has 13 heavy (non-hydrogen) atoms. The smallest absolute Gasteiger partial charge is 0.257 e. The molecule has 0 atom stereocenters. The Morgan fingerprint density at radius 2 is 1.85 bits per heavy atom. The molecule has 0 aliphatic rings. The maximum atomic E-state index is 12.1. The molecule has 1 aromatic carbocycles. The van der Waals surface area contributed by atoms with E-state index < -0.39 is 10.4 Å². The lowest BCUT2D eigenvalue weighted by atomic mass is 10.2. The Hall–Kier alpha value is -1.36. The molecule has 0 aliphatic carbocycles. The lowest BCUT2D eigenvalue weighted by Crippen LogP contribution is -2.04. The van der Waals surface area contributed by atoms with Crippen molar-refractivity contribution in [2.45, 2.75) is 0 Å². The first-order valence-corrected chi connectivity index (χ1v) is 4.84. The van der Waals surface area contributed by atoms with Gasteiger partial charge < -0.3 is 0 Å². The quantitative estimate of drug-likeness (QED) is 0.760. The summed E-state index contributed by atoms with van der Waals surface area (Å²) in [7, 11) is -4.67. The van der Waals surface area contributed by atoms with E-state index >= 15 is 0 Å². The third kappa shape index (κ3) is 3.25. The highest BCUT2D eigenvalue weighted by Crippen LogP contribution is 2.11. The third-order valence-electron chi connectivity index (χ3n) is 1.39. The first-order chi connectivity index (χ1) is 6.01. The molecule has 1 rings (SSSR count). The summed E-state index contributed by atoms with van der Waals surface area (Å²) < 4.78 is 34.1. The zero-order valence-corrected chi connectivity index (χ0v) is 7.51. The van der Waals surface area contributed by atoms with Gasteiger partial charge in [0.05, 0.1) is 5.69 Å². The number of hydrogen-bond donors (Lipinski definition) is 1. The van der Waals surface area contributed by atoms with Crippen molar-refractivity contribution >= 4 is 22.2 Å². The van der Waals surface area contributed by atoms with Gasteiger partial charge in [-0.05, 0) is 17.7 Å². The minimum atomic E-state index is -4.67. The number of nitrogens with one attached hydrogen (secondary N) is 1. The van der Waals surface area contributed by atoms with Crippen LogP contribution in [0.2, 0.25) is 0 Å². The Kier molecular flexibility index (Phi) is 2.67. The van der Waals surface area contributed by atoms with Crippen LogP contribution in [-0.2, 0) is 10.4 Å². The molecule has 1 N–H and O–H groups in total. The van der Waals surface area contributed by atoms with Crippen molar-refractivity contribution < 1.29 is 12.3 Å². The fourth-order valence-corrected chi connectivity index (χ4v) is 1.25. The zero-order chi connectivity index (χ0) is 9.90. The zero-order valence-electron chi connectivity index (χ0n) is 6.70. The van der Waals surface area contributed by atoms with Crippen molar-refractivity contribution in [3.8, 4) is 0 Å². The molecule has 0 saturated heterocycles. The van der Waals surface area contributed by atoms with Crippen LogP contribution in [0.25, 0.3) is 6.08 Å². The fourth-order valence-electron chi connectivity index (χ4n) is 0.828. The van der Waals surface area contributed by atoms with Gasteiger partial charge in [0.15, 0.2) is 0 Å². The van der Waals surface area contributed by atoms with Crippen LogP contribution in [0.4, 0.5) is 9.57 Å². The minimum absolute atomic E-state index is 0.188. The van der Waals surface area contributed by atoms with Crippen LogP contribution in [0.3, 0.4) is 0 Å². The van der Waals surface area contributed by atoms with Gasteiger partial charge in [-0.1, -0.05) is 28.7 Å². The lowest BCUT2D eigenvalue weighted by molar-refractivity contribution is 0.558. The van der Waals surface area contributed by atoms with E-state index in [1.54, 1.807) is 22.9 Å².